The smallest absolute Gasteiger partial charge is 0.203 e. The molecule has 0 N–H and O–H groups in total. The number of rotatable bonds is 4. The highest BCUT2D eigenvalue weighted by Gasteiger charge is 2.11. The van der Waals surface area contributed by atoms with Gasteiger partial charge in [0.15, 0.2) is 0 Å². The van der Waals surface area contributed by atoms with Gasteiger partial charge in [-0.05, 0) is 23.8 Å². The molecule has 0 saturated carbocycles. The first-order valence-electron chi connectivity index (χ1n) is 6.94. The van der Waals surface area contributed by atoms with Crippen LogP contribution in [0, 0.1) is 11.3 Å². The minimum atomic E-state index is -0.284. The Morgan fingerprint density at radius 3 is 2.43 bits per heavy atom. The Labute approximate surface area is 133 Å². The molecule has 0 radical (unpaired) electrons. The maximum Gasteiger partial charge on any atom is 0.203 e. The van der Waals surface area contributed by atoms with E-state index in [4.69, 9.17) is 0 Å². The highest BCUT2D eigenvalue weighted by molar-refractivity contribution is 6.14. The Morgan fingerprint density at radius 1 is 1.09 bits per heavy atom. The standard InChI is InChI=1S/C18H12N4O/c19-11-16(18(23)15-4-2-1-3-5-15)10-14-6-8-17(9-7-14)22-13-20-12-21-22/h1-10,12-13H/b16-10-. The summed E-state index contributed by atoms with van der Waals surface area (Å²) in [5, 5.41) is 13.3. The number of nitriles is 1. The van der Waals surface area contributed by atoms with Gasteiger partial charge in [0.1, 0.15) is 24.3 Å². The second-order valence-electron chi connectivity index (χ2n) is 4.80. The van der Waals surface area contributed by atoms with Gasteiger partial charge < -0.3 is 0 Å². The van der Waals surface area contributed by atoms with Gasteiger partial charge in [-0.3, -0.25) is 4.79 Å². The summed E-state index contributed by atoms with van der Waals surface area (Å²) in [5.41, 5.74) is 2.23. The normalized spacial score (nSPS) is 11.0. The average Bonchev–Trinajstić information content (AvgIpc) is 3.15. The molecule has 0 aliphatic heterocycles. The summed E-state index contributed by atoms with van der Waals surface area (Å²) in [6.07, 6.45) is 4.64. The van der Waals surface area contributed by atoms with Gasteiger partial charge in [0.25, 0.3) is 0 Å². The van der Waals surface area contributed by atoms with Crippen molar-refractivity contribution in [2.45, 2.75) is 0 Å². The van der Waals surface area contributed by atoms with Crippen LogP contribution in [0.15, 0.2) is 72.8 Å². The first-order valence-corrected chi connectivity index (χ1v) is 6.94. The number of hydrogen-bond acceptors (Lipinski definition) is 4. The molecular formula is C18H12N4O. The van der Waals surface area contributed by atoms with Crippen LogP contribution in [0.25, 0.3) is 11.8 Å². The molecule has 0 unspecified atom stereocenters. The van der Waals surface area contributed by atoms with Crippen molar-refractivity contribution >= 4 is 11.9 Å². The SMILES string of the molecule is N#C/C(=C/c1ccc(-n2cncn2)cc1)C(=O)c1ccccc1. The van der Waals surface area contributed by atoms with Gasteiger partial charge in [0.05, 0.1) is 5.69 Å². The Hall–Kier alpha value is -3.52. The number of allylic oxidation sites excluding steroid dienone is 1. The van der Waals surface area contributed by atoms with Gasteiger partial charge in [-0.2, -0.15) is 10.4 Å². The molecule has 0 amide bonds. The zero-order chi connectivity index (χ0) is 16.1. The van der Waals surface area contributed by atoms with Crippen molar-refractivity contribution in [3.8, 4) is 11.8 Å². The Balaban J connectivity index is 1.87. The topological polar surface area (TPSA) is 71.6 Å². The molecule has 5 heteroatoms. The molecule has 3 aromatic rings. The monoisotopic (exact) mass is 300 g/mol. The summed E-state index contributed by atoms with van der Waals surface area (Å²) in [6.45, 7) is 0. The Morgan fingerprint density at radius 2 is 1.83 bits per heavy atom. The van der Waals surface area contributed by atoms with E-state index < -0.39 is 0 Å². The molecule has 0 aliphatic carbocycles. The molecule has 0 saturated heterocycles. The summed E-state index contributed by atoms with van der Waals surface area (Å²) < 4.78 is 1.63. The lowest BCUT2D eigenvalue weighted by Gasteiger charge is -2.02. The quantitative estimate of drug-likeness (QED) is 0.422. The summed E-state index contributed by atoms with van der Waals surface area (Å²) >= 11 is 0. The third-order valence-electron chi connectivity index (χ3n) is 3.29. The van der Waals surface area contributed by atoms with Crippen LogP contribution in [0.4, 0.5) is 0 Å². The molecular weight excluding hydrogens is 288 g/mol. The van der Waals surface area contributed by atoms with Gasteiger partial charge in [-0.15, -0.1) is 0 Å². The van der Waals surface area contributed by atoms with Gasteiger partial charge in [-0.25, -0.2) is 9.67 Å². The number of aromatic nitrogens is 3. The van der Waals surface area contributed by atoms with Gasteiger partial charge in [0, 0.05) is 5.56 Å². The molecule has 5 nitrogen and oxygen atoms in total. The van der Waals surface area contributed by atoms with Crippen molar-refractivity contribution in [2.75, 3.05) is 0 Å². The maximum atomic E-state index is 12.3. The van der Waals surface area contributed by atoms with E-state index in [1.54, 1.807) is 41.4 Å². The lowest BCUT2D eigenvalue weighted by Crippen LogP contribution is -2.01. The number of ketones is 1. The summed E-state index contributed by atoms with van der Waals surface area (Å²) in [7, 11) is 0. The van der Waals surface area contributed by atoms with E-state index in [9.17, 15) is 10.1 Å². The van der Waals surface area contributed by atoms with E-state index in [1.165, 1.54) is 6.33 Å². The summed E-state index contributed by atoms with van der Waals surface area (Å²) in [4.78, 5) is 16.2. The van der Waals surface area contributed by atoms with Crippen LogP contribution in [0.3, 0.4) is 0 Å². The van der Waals surface area contributed by atoms with E-state index in [1.807, 2.05) is 36.4 Å². The number of Topliss-reactive ketones (excluding diaryl/α,β-unsaturated/α-hetero) is 1. The van der Waals surface area contributed by atoms with Crippen LogP contribution in [0.1, 0.15) is 15.9 Å². The average molecular weight is 300 g/mol. The van der Waals surface area contributed by atoms with E-state index >= 15 is 0 Å². The molecule has 0 bridgehead atoms. The van der Waals surface area contributed by atoms with Gasteiger partial charge in [0.2, 0.25) is 5.78 Å². The van der Waals surface area contributed by atoms with E-state index in [0.717, 1.165) is 11.3 Å². The Kier molecular flexibility index (Phi) is 4.07. The zero-order valence-electron chi connectivity index (χ0n) is 12.1. The second kappa shape index (κ2) is 6.50. The first-order chi connectivity index (χ1) is 11.3. The lowest BCUT2D eigenvalue weighted by molar-refractivity contribution is 0.104. The summed E-state index contributed by atoms with van der Waals surface area (Å²) in [6, 6.07) is 18.1. The fourth-order valence-electron chi connectivity index (χ4n) is 2.13. The molecule has 110 valence electrons. The van der Waals surface area contributed by atoms with E-state index in [2.05, 4.69) is 10.1 Å². The summed E-state index contributed by atoms with van der Waals surface area (Å²) in [5.74, 6) is -0.284. The lowest BCUT2D eigenvalue weighted by atomic mass is 10.0. The van der Waals surface area contributed by atoms with Crippen LogP contribution in [0.2, 0.25) is 0 Å². The van der Waals surface area contributed by atoms with Crippen molar-refractivity contribution < 1.29 is 4.79 Å². The number of carbonyl (C=O) groups is 1. The number of hydrogen-bond donors (Lipinski definition) is 0. The van der Waals surface area contributed by atoms with Gasteiger partial charge in [-0.1, -0.05) is 42.5 Å². The van der Waals surface area contributed by atoms with Crippen molar-refractivity contribution in [1.82, 2.24) is 14.8 Å². The molecule has 0 atom stereocenters. The largest absolute Gasteiger partial charge is 0.288 e. The van der Waals surface area contributed by atoms with Crippen LogP contribution in [-0.4, -0.2) is 20.5 Å². The van der Waals surface area contributed by atoms with Crippen LogP contribution < -0.4 is 0 Å². The molecule has 1 aromatic heterocycles. The van der Waals surface area contributed by atoms with E-state index in [0.29, 0.717) is 5.56 Å². The van der Waals surface area contributed by atoms with Crippen LogP contribution in [0.5, 0.6) is 0 Å². The molecule has 0 spiro atoms. The van der Waals surface area contributed by atoms with Crippen molar-refractivity contribution in [2.24, 2.45) is 0 Å². The molecule has 2 aromatic carbocycles. The number of benzene rings is 2. The first kappa shape index (κ1) is 14.4. The van der Waals surface area contributed by atoms with Crippen molar-refractivity contribution in [3.63, 3.8) is 0 Å². The molecule has 0 fully saturated rings. The Bertz CT molecular complexity index is 873. The highest BCUT2D eigenvalue weighted by atomic mass is 16.1. The van der Waals surface area contributed by atoms with Crippen molar-refractivity contribution in [3.05, 3.63) is 84.0 Å². The molecule has 1 heterocycles. The third kappa shape index (κ3) is 3.22. The predicted octanol–water partition coefficient (Wildman–Crippen LogP) is 3.06. The number of carbonyl (C=O) groups excluding carboxylic acids is 1. The molecule has 3 rings (SSSR count). The van der Waals surface area contributed by atoms with Crippen LogP contribution in [-0.2, 0) is 0 Å². The van der Waals surface area contributed by atoms with Crippen LogP contribution >= 0.6 is 0 Å². The highest BCUT2D eigenvalue weighted by Crippen LogP contribution is 2.14. The molecule has 0 aliphatic rings. The fraction of sp³-hybridized carbons (Fsp3) is 0. The maximum absolute atomic E-state index is 12.3. The van der Waals surface area contributed by atoms with Gasteiger partial charge >= 0.3 is 0 Å². The van der Waals surface area contributed by atoms with E-state index in [-0.39, 0.29) is 11.4 Å². The minimum absolute atomic E-state index is 0.102. The third-order valence-corrected chi connectivity index (χ3v) is 3.29. The zero-order valence-corrected chi connectivity index (χ0v) is 12.1. The van der Waals surface area contributed by atoms with Crippen molar-refractivity contribution in [1.29, 1.82) is 5.26 Å². The molecule has 23 heavy (non-hydrogen) atoms. The predicted molar refractivity (Wildman–Crippen MR) is 85.7 cm³/mol. The fourth-order valence-corrected chi connectivity index (χ4v) is 2.13. The second-order valence-corrected chi connectivity index (χ2v) is 4.80. The minimum Gasteiger partial charge on any atom is -0.288 e. The number of nitrogens with zero attached hydrogens (tertiary/aromatic N) is 4.